The van der Waals surface area contributed by atoms with Crippen molar-refractivity contribution in [2.45, 2.75) is 26.7 Å². The molecule has 0 fully saturated rings. The summed E-state index contributed by atoms with van der Waals surface area (Å²) in [6, 6.07) is 13.5. The third kappa shape index (κ3) is 5.38. The Morgan fingerprint density at radius 1 is 1.03 bits per heavy atom. The molecule has 0 radical (unpaired) electrons. The number of carbonyl (C=O) groups is 1. The summed E-state index contributed by atoms with van der Waals surface area (Å²) in [5, 5.41) is 3.13. The third-order valence-electron chi connectivity index (χ3n) is 4.65. The maximum Gasteiger partial charge on any atom is 0.253 e. The SMILES string of the molecule is CCCCN(CC)C(=O)c1cccc(Nc2ncc(-c3ccc(F)cc3)cn2)c1. The molecule has 0 saturated carbocycles. The van der Waals surface area contributed by atoms with Crippen LogP contribution in [0.1, 0.15) is 37.0 Å². The zero-order valence-electron chi connectivity index (χ0n) is 16.7. The Balaban J connectivity index is 1.71. The first kappa shape index (κ1) is 20.5. The van der Waals surface area contributed by atoms with Crippen LogP contribution in [0.15, 0.2) is 60.9 Å². The van der Waals surface area contributed by atoms with Gasteiger partial charge in [0.2, 0.25) is 5.95 Å². The molecule has 1 heterocycles. The van der Waals surface area contributed by atoms with Gasteiger partial charge in [0.15, 0.2) is 0 Å². The number of hydrogen-bond acceptors (Lipinski definition) is 4. The van der Waals surface area contributed by atoms with E-state index in [1.807, 2.05) is 36.1 Å². The second-order valence-electron chi connectivity index (χ2n) is 6.75. The highest BCUT2D eigenvalue weighted by molar-refractivity contribution is 5.95. The van der Waals surface area contributed by atoms with E-state index in [-0.39, 0.29) is 11.7 Å². The number of rotatable bonds is 8. The molecule has 150 valence electrons. The largest absolute Gasteiger partial charge is 0.339 e. The second kappa shape index (κ2) is 9.78. The van der Waals surface area contributed by atoms with Crippen LogP contribution in [-0.2, 0) is 0 Å². The molecule has 29 heavy (non-hydrogen) atoms. The number of unbranched alkanes of at least 4 members (excludes halogenated alkanes) is 1. The van der Waals surface area contributed by atoms with E-state index in [1.165, 1.54) is 12.1 Å². The zero-order chi connectivity index (χ0) is 20.6. The quantitative estimate of drug-likeness (QED) is 0.566. The number of hydrogen-bond donors (Lipinski definition) is 1. The van der Waals surface area contributed by atoms with E-state index in [2.05, 4.69) is 22.2 Å². The summed E-state index contributed by atoms with van der Waals surface area (Å²) >= 11 is 0. The molecular weight excluding hydrogens is 367 g/mol. The highest BCUT2D eigenvalue weighted by Crippen LogP contribution is 2.20. The molecule has 0 spiro atoms. The van der Waals surface area contributed by atoms with Gasteiger partial charge in [-0.05, 0) is 49.2 Å². The molecule has 3 aromatic rings. The minimum absolute atomic E-state index is 0.0252. The Labute approximate surface area is 170 Å². The molecule has 2 aromatic carbocycles. The topological polar surface area (TPSA) is 58.1 Å². The molecule has 0 aliphatic rings. The molecule has 3 rings (SSSR count). The first-order valence-electron chi connectivity index (χ1n) is 9.85. The number of carbonyl (C=O) groups excluding carboxylic acids is 1. The Kier molecular flexibility index (Phi) is 6.89. The van der Waals surface area contributed by atoms with E-state index >= 15 is 0 Å². The van der Waals surface area contributed by atoms with Crippen molar-refractivity contribution in [1.29, 1.82) is 0 Å². The number of halogens is 1. The number of aromatic nitrogens is 2. The van der Waals surface area contributed by atoms with Gasteiger partial charge in [-0.1, -0.05) is 31.5 Å². The molecule has 0 aliphatic heterocycles. The molecule has 6 heteroatoms. The van der Waals surface area contributed by atoms with Gasteiger partial charge in [-0.15, -0.1) is 0 Å². The van der Waals surface area contributed by atoms with Crippen LogP contribution in [0.5, 0.6) is 0 Å². The van der Waals surface area contributed by atoms with Gasteiger partial charge in [0.05, 0.1) is 0 Å². The number of anilines is 2. The van der Waals surface area contributed by atoms with Crippen molar-refractivity contribution in [2.24, 2.45) is 0 Å². The smallest absolute Gasteiger partial charge is 0.253 e. The monoisotopic (exact) mass is 392 g/mol. The minimum atomic E-state index is -0.279. The van der Waals surface area contributed by atoms with Gasteiger partial charge in [0.25, 0.3) is 5.91 Å². The number of nitrogens with one attached hydrogen (secondary N) is 1. The lowest BCUT2D eigenvalue weighted by Gasteiger charge is -2.21. The lowest BCUT2D eigenvalue weighted by molar-refractivity contribution is 0.0762. The van der Waals surface area contributed by atoms with Crippen molar-refractivity contribution in [1.82, 2.24) is 14.9 Å². The lowest BCUT2D eigenvalue weighted by atomic mass is 10.1. The van der Waals surface area contributed by atoms with E-state index in [0.29, 0.717) is 18.1 Å². The first-order chi connectivity index (χ1) is 14.1. The molecule has 0 aliphatic carbocycles. The van der Waals surface area contributed by atoms with Crippen LogP contribution in [0.4, 0.5) is 16.0 Å². The fraction of sp³-hybridized carbons (Fsp3) is 0.261. The standard InChI is InChI=1S/C23H25FN4O/c1-3-5-13-28(4-2)22(29)18-7-6-8-21(14-18)27-23-25-15-19(16-26-23)17-9-11-20(24)12-10-17/h6-12,14-16H,3-5,13H2,1-2H3,(H,25,26,27). The fourth-order valence-electron chi connectivity index (χ4n) is 2.98. The van der Waals surface area contributed by atoms with Crippen molar-refractivity contribution < 1.29 is 9.18 Å². The van der Waals surface area contributed by atoms with Gasteiger partial charge in [0, 0.05) is 42.3 Å². The van der Waals surface area contributed by atoms with Crippen LogP contribution in [0, 0.1) is 5.82 Å². The second-order valence-corrected chi connectivity index (χ2v) is 6.75. The Morgan fingerprint density at radius 2 is 1.76 bits per heavy atom. The van der Waals surface area contributed by atoms with E-state index in [9.17, 15) is 9.18 Å². The van der Waals surface area contributed by atoms with Gasteiger partial charge < -0.3 is 10.2 Å². The molecule has 1 aromatic heterocycles. The molecule has 0 bridgehead atoms. The van der Waals surface area contributed by atoms with Crippen LogP contribution < -0.4 is 5.32 Å². The summed E-state index contributed by atoms with van der Waals surface area (Å²) in [7, 11) is 0. The number of amides is 1. The summed E-state index contributed by atoms with van der Waals surface area (Å²) in [5.41, 5.74) is 3.03. The molecule has 5 nitrogen and oxygen atoms in total. The molecular formula is C23H25FN4O. The predicted molar refractivity (Wildman–Crippen MR) is 114 cm³/mol. The fourth-order valence-corrected chi connectivity index (χ4v) is 2.98. The van der Waals surface area contributed by atoms with E-state index < -0.39 is 0 Å². The third-order valence-corrected chi connectivity index (χ3v) is 4.65. The minimum Gasteiger partial charge on any atom is -0.339 e. The maximum atomic E-state index is 13.1. The Morgan fingerprint density at radius 3 is 2.41 bits per heavy atom. The van der Waals surface area contributed by atoms with Crippen molar-refractivity contribution in [3.05, 3.63) is 72.3 Å². The first-order valence-corrected chi connectivity index (χ1v) is 9.85. The summed E-state index contributed by atoms with van der Waals surface area (Å²) in [6.07, 6.45) is 5.41. The lowest BCUT2D eigenvalue weighted by Crippen LogP contribution is -2.31. The van der Waals surface area contributed by atoms with Crippen LogP contribution in [0.25, 0.3) is 11.1 Å². The highest BCUT2D eigenvalue weighted by atomic mass is 19.1. The molecule has 0 atom stereocenters. The van der Waals surface area contributed by atoms with Crippen molar-refractivity contribution in [3.8, 4) is 11.1 Å². The van der Waals surface area contributed by atoms with Crippen LogP contribution >= 0.6 is 0 Å². The van der Waals surface area contributed by atoms with Gasteiger partial charge >= 0.3 is 0 Å². The van der Waals surface area contributed by atoms with Crippen LogP contribution in [-0.4, -0.2) is 33.9 Å². The average molecular weight is 392 g/mol. The van der Waals surface area contributed by atoms with E-state index in [0.717, 1.165) is 36.2 Å². The van der Waals surface area contributed by atoms with Gasteiger partial charge in [-0.3, -0.25) is 4.79 Å². The van der Waals surface area contributed by atoms with Crippen LogP contribution in [0.3, 0.4) is 0 Å². The van der Waals surface area contributed by atoms with Crippen LogP contribution in [0.2, 0.25) is 0 Å². The average Bonchev–Trinajstić information content (AvgIpc) is 2.75. The van der Waals surface area contributed by atoms with Gasteiger partial charge in [-0.2, -0.15) is 0 Å². The van der Waals surface area contributed by atoms with E-state index in [1.54, 1.807) is 24.5 Å². The van der Waals surface area contributed by atoms with Crippen molar-refractivity contribution in [3.63, 3.8) is 0 Å². The Hall–Kier alpha value is -3.28. The van der Waals surface area contributed by atoms with Crippen molar-refractivity contribution >= 4 is 17.5 Å². The van der Waals surface area contributed by atoms with E-state index in [4.69, 9.17) is 0 Å². The maximum absolute atomic E-state index is 13.1. The summed E-state index contributed by atoms with van der Waals surface area (Å²) in [6.45, 7) is 5.55. The molecule has 0 saturated heterocycles. The number of nitrogens with zero attached hydrogens (tertiary/aromatic N) is 3. The van der Waals surface area contributed by atoms with Gasteiger partial charge in [-0.25, -0.2) is 14.4 Å². The summed E-state index contributed by atoms with van der Waals surface area (Å²) < 4.78 is 13.1. The summed E-state index contributed by atoms with van der Waals surface area (Å²) in [5.74, 6) is 0.176. The number of benzene rings is 2. The molecule has 0 unspecified atom stereocenters. The predicted octanol–water partition coefficient (Wildman–Crippen LogP) is 5.29. The zero-order valence-corrected chi connectivity index (χ0v) is 16.7. The van der Waals surface area contributed by atoms with Crippen molar-refractivity contribution in [2.75, 3.05) is 18.4 Å². The normalized spacial score (nSPS) is 10.6. The summed E-state index contributed by atoms with van der Waals surface area (Å²) in [4.78, 5) is 23.3. The molecule has 1 amide bonds. The molecule has 1 N–H and O–H groups in total. The Bertz CT molecular complexity index is 942. The van der Waals surface area contributed by atoms with Gasteiger partial charge in [0.1, 0.15) is 5.82 Å². The highest BCUT2D eigenvalue weighted by Gasteiger charge is 2.14.